The maximum atomic E-state index is 12.5. The molecule has 0 fully saturated rings. The molecule has 11 nitrogen and oxygen atoms in total. The molecular formula is C17H30N4O7. The molecule has 7 N–H and O–H groups in total. The minimum Gasteiger partial charge on any atom is -0.481 e. The zero-order valence-corrected chi connectivity index (χ0v) is 16.7. The topological polar surface area (TPSA) is 188 Å². The molecule has 0 aliphatic rings. The summed E-state index contributed by atoms with van der Waals surface area (Å²) in [5, 5.41) is 24.8. The molecule has 0 aromatic heterocycles. The van der Waals surface area contributed by atoms with Crippen LogP contribution in [0.2, 0.25) is 0 Å². The zero-order chi connectivity index (χ0) is 22.2. The predicted octanol–water partition coefficient (Wildman–Crippen LogP) is -1.34. The summed E-state index contributed by atoms with van der Waals surface area (Å²) < 4.78 is 0. The van der Waals surface area contributed by atoms with E-state index in [4.69, 9.17) is 15.9 Å². The molecule has 0 spiro atoms. The van der Waals surface area contributed by atoms with Gasteiger partial charge < -0.3 is 31.9 Å². The highest BCUT2D eigenvalue weighted by molar-refractivity contribution is 5.95. The maximum Gasteiger partial charge on any atom is 0.325 e. The third-order valence-electron chi connectivity index (χ3n) is 4.01. The van der Waals surface area contributed by atoms with Crippen LogP contribution in [0.15, 0.2) is 0 Å². The number of nitrogens with one attached hydrogen (secondary N) is 3. The maximum absolute atomic E-state index is 12.5. The largest absolute Gasteiger partial charge is 0.481 e. The number of carbonyl (C=O) groups excluding carboxylic acids is 3. The summed E-state index contributed by atoms with van der Waals surface area (Å²) in [7, 11) is 0. The summed E-state index contributed by atoms with van der Waals surface area (Å²) >= 11 is 0. The molecule has 0 aromatic carbocycles. The Bertz CT molecular complexity index is 606. The first kappa shape index (κ1) is 25.3. The summed E-state index contributed by atoms with van der Waals surface area (Å²) in [5.41, 5.74) is 5.71. The van der Waals surface area contributed by atoms with Crippen LogP contribution in [-0.4, -0.2) is 64.0 Å². The fourth-order valence-electron chi connectivity index (χ4n) is 2.11. The van der Waals surface area contributed by atoms with Crippen LogP contribution >= 0.6 is 0 Å². The molecule has 0 rings (SSSR count). The van der Waals surface area contributed by atoms with Gasteiger partial charge >= 0.3 is 11.9 Å². The van der Waals surface area contributed by atoms with E-state index in [1.54, 1.807) is 27.7 Å². The predicted molar refractivity (Wildman–Crippen MR) is 99.0 cm³/mol. The molecule has 0 saturated heterocycles. The van der Waals surface area contributed by atoms with Gasteiger partial charge in [-0.05, 0) is 18.8 Å². The van der Waals surface area contributed by atoms with Gasteiger partial charge in [-0.15, -0.1) is 0 Å². The van der Waals surface area contributed by atoms with E-state index < -0.39 is 66.2 Å². The average molecular weight is 402 g/mol. The van der Waals surface area contributed by atoms with Crippen molar-refractivity contribution in [2.75, 3.05) is 0 Å². The molecule has 0 aromatic rings. The van der Waals surface area contributed by atoms with Crippen LogP contribution in [-0.2, 0) is 24.0 Å². The summed E-state index contributed by atoms with van der Waals surface area (Å²) in [6.07, 6.45) is -0.708. The standard InChI is InChI=1S/C17H30N4O7/c1-7(2)12(18)15(25)20-10(6-11(22)23)14(24)21-13(8(3)4)16(26)19-9(5)17(27)28/h7-10,12-13H,6,18H2,1-5H3,(H,19,26)(H,20,25)(H,21,24)(H,22,23)(H,27,28). The molecule has 0 bridgehead atoms. The molecule has 0 saturated carbocycles. The molecule has 28 heavy (non-hydrogen) atoms. The highest BCUT2D eigenvalue weighted by Gasteiger charge is 2.32. The van der Waals surface area contributed by atoms with Crippen LogP contribution in [0.4, 0.5) is 0 Å². The van der Waals surface area contributed by atoms with Gasteiger partial charge in [-0.3, -0.25) is 24.0 Å². The molecule has 0 heterocycles. The molecule has 0 aliphatic carbocycles. The second kappa shape index (κ2) is 11.2. The normalized spacial score (nSPS) is 15.3. The Morgan fingerprint density at radius 3 is 1.71 bits per heavy atom. The van der Waals surface area contributed by atoms with Crippen LogP contribution in [0, 0.1) is 11.8 Å². The van der Waals surface area contributed by atoms with Gasteiger partial charge in [-0.1, -0.05) is 27.7 Å². The SMILES string of the molecule is CC(NC(=O)C(NC(=O)C(CC(=O)O)NC(=O)C(N)C(C)C)C(C)C)C(=O)O. The van der Waals surface area contributed by atoms with Crippen molar-refractivity contribution in [1.29, 1.82) is 0 Å². The van der Waals surface area contributed by atoms with Crippen molar-refractivity contribution >= 4 is 29.7 Å². The van der Waals surface area contributed by atoms with Gasteiger partial charge in [0.2, 0.25) is 17.7 Å². The monoisotopic (exact) mass is 402 g/mol. The number of hydrogen-bond acceptors (Lipinski definition) is 6. The minimum atomic E-state index is -1.44. The van der Waals surface area contributed by atoms with Crippen LogP contribution < -0.4 is 21.7 Å². The fourth-order valence-corrected chi connectivity index (χ4v) is 2.11. The third-order valence-corrected chi connectivity index (χ3v) is 4.01. The van der Waals surface area contributed by atoms with E-state index in [0.29, 0.717) is 0 Å². The van der Waals surface area contributed by atoms with E-state index in [0.717, 1.165) is 0 Å². The lowest BCUT2D eigenvalue weighted by molar-refractivity contribution is -0.143. The van der Waals surface area contributed by atoms with Gasteiger partial charge in [0.05, 0.1) is 12.5 Å². The number of nitrogens with two attached hydrogens (primary N) is 1. The lowest BCUT2D eigenvalue weighted by Gasteiger charge is -2.26. The first-order valence-electron chi connectivity index (χ1n) is 8.89. The number of carbonyl (C=O) groups is 5. The summed E-state index contributed by atoms with van der Waals surface area (Å²) in [6.45, 7) is 7.89. The molecule has 4 atom stereocenters. The van der Waals surface area contributed by atoms with Crippen molar-refractivity contribution in [2.45, 2.75) is 65.2 Å². The smallest absolute Gasteiger partial charge is 0.325 e. The van der Waals surface area contributed by atoms with E-state index >= 15 is 0 Å². The second-order valence-electron chi connectivity index (χ2n) is 7.23. The number of aliphatic carboxylic acids is 2. The van der Waals surface area contributed by atoms with E-state index in [1.807, 2.05) is 0 Å². The van der Waals surface area contributed by atoms with Crippen LogP contribution in [0.25, 0.3) is 0 Å². The van der Waals surface area contributed by atoms with Crippen molar-refractivity contribution < 1.29 is 34.2 Å². The van der Waals surface area contributed by atoms with Crippen LogP contribution in [0.1, 0.15) is 41.0 Å². The van der Waals surface area contributed by atoms with E-state index in [1.165, 1.54) is 6.92 Å². The molecule has 0 radical (unpaired) electrons. The van der Waals surface area contributed by atoms with Crippen molar-refractivity contribution in [3.05, 3.63) is 0 Å². The summed E-state index contributed by atoms with van der Waals surface area (Å²) in [5.74, 6) is -5.56. The van der Waals surface area contributed by atoms with Crippen molar-refractivity contribution in [3.63, 3.8) is 0 Å². The van der Waals surface area contributed by atoms with Crippen molar-refractivity contribution in [1.82, 2.24) is 16.0 Å². The van der Waals surface area contributed by atoms with Gasteiger partial charge in [0, 0.05) is 0 Å². The van der Waals surface area contributed by atoms with Gasteiger partial charge in [0.1, 0.15) is 18.1 Å². The van der Waals surface area contributed by atoms with Crippen LogP contribution in [0.3, 0.4) is 0 Å². The first-order valence-corrected chi connectivity index (χ1v) is 8.89. The minimum absolute atomic E-state index is 0.236. The van der Waals surface area contributed by atoms with Crippen molar-refractivity contribution in [2.24, 2.45) is 17.6 Å². The van der Waals surface area contributed by atoms with E-state index in [-0.39, 0.29) is 5.92 Å². The number of carboxylic acids is 2. The first-order chi connectivity index (χ1) is 12.8. The molecular weight excluding hydrogens is 372 g/mol. The lowest BCUT2D eigenvalue weighted by Crippen LogP contribution is -2.58. The highest BCUT2D eigenvalue weighted by Crippen LogP contribution is 2.06. The van der Waals surface area contributed by atoms with Gasteiger partial charge in [-0.2, -0.15) is 0 Å². The summed E-state index contributed by atoms with van der Waals surface area (Å²) in [6, 6.07) is -4.68. The number of hydrogen-bond donors (Lipinski definition) is 6. The molecule has 11 heteroatoms. The third kappa shape index (κ3) is 8.33. The van der Waals surface area contributed by atoms with E-state index in [9.17, 15) is 24.0 Å². The van der Waals surface area contributed by atoms with Gasteiger partial charge in [-0.25, -0.2) is 0 Å². The van der Waals surface area contributed by atoms with Gasteiger partial charge in [0.15, 0.2) is 0 Å². The number of carboxylic acid groups (broad SMARTS) is 2. The van der Waals surface area contributed by atoms with Crippen molar-refractivity contribution in [3.8, 4) is 0 Å². The Hall–Kier alpha value is -2.69. The lowest BCUT2D eigenvalue weighted by atomic mass is 10.0. The Kier molecular flexibility index (Phi) is 10.1. The fraction of sp³-hybridized carbons (Fsp3) is 0.706. The zero-order valence-electron chi connectivity index (χ0n) is 16.7. The number of amides is 3. The van der Waals surface area contributed by atoms with E-state index in [2.05, 4.69) is 16.0 Å². The Balaban J connectivity index is 5.32. The molecule has 4 unspecified atom stereocenters. The Morgan fingerprint density at radius 2 is 1.32 bits per heavy atom. The average Bonchev–Trinajstić information content (AvgIpc) is 2.56. The quantitative estimate of drug-likeness (QED) is 0.245. The van der Waals surface area contributed by atoms with Gasteiger partial charge in [0.25, 0.3) is 0 Å². The Morgan fingerprint density at radius 1 is 0.786 bits per heavy atom. The molecule has 0 aliphatic heterocycles. The highest BCUT2D eigenvalue weighted by atomic mass is 16.4. The molecule has 3 amide bonds. The number of rotatable bonds is 11. The van der Waals surface area contributed by atoms with Crippen LogP contribution in [0.5, 0.6) is 0 Å². The molecule has 160 valence electrons. The second-order valence-corrected chi connectivity index (χ2v) is 7.23. The summed E-state index contributed by atoms with van der Waals surface area (Å²) in [4.78, 5) is 58.9. The Labute approximate surface area is 163 Å².